The van der Waals surface area contributed by atoms with Crippen LogP contribution in [0.3, 0.4) is 0 Å². The van der Waals surface area contributed by atoms with E-state index in [1.165, 1.54) is 10.6 Å². The van der Waals surface area contributed by atoms with Crippen molar-refractivity contribution in [1.82, 2.24) is 4.57 Å². The lowest BCUT2D eigenvalue weighted by molar-refractivity contribution is 0.408. The minimum atomic E-state index is -0.119. The largest absolute Gasteiger partial charge is 0.496 e. The Labute approximate surface area is 110 Å². The molecular formula is C13H13ClN2O2. The summed E-state index contributed by atoms with van der Waals surface area (Å²) in [5.41, 5.74) is 6.91. The molecule has 0 bridgehead atoms. The van der Waals surface area contributed by atoms with Crippen molar-refractivity contribution in [2.45, 2.75) is 6.54 Å². The quantitative estimate of drug-likeness (QED) is 0.924. The molecular weight excluding hydrogens is 252 g/mol. The van der Waals surface area contributed by atoms with E-state index in [0.29, 0.717) is 23.0 Å². The number of hydrogen-bond donors (Lipinski definition) is 1. The van der Waals surface area contributed by atoms with Crippen LogP contribution in [-0.4, -0.2) is 11.7 Å². The van der Waals surface area contributed by atoms with Crippen molar-refractivity contribution >= 4 is 17.3 Å². The highest BCUT2D eigenvalue weighted by Crippen LogP contribution is 2.23. The lowest BCUT2D eigenvalue weighted by Crippen LogP contribution is -2.19. The maximum atomic E-state index is 11.7. The summed E-state index contributed by atoms with van der Waals surface area (Å²) in [5, 5.41) is 0.600. The van der Waals surface area contributed by atoms with Gasteiger partial charge in [-0.1, -0.05) is 11.6 Å². The van der Waals surface area contributed by atoms with Crippen LogP contribution in [0.2, 0.25) is 5.02 Å². The Balaban J connectivity index is 2.42. The number of benzene rings is 1. The molecule has 4 nitrogen and oxygen atoms in total. The fraction of sp³-hybridized carbons (Fsp3) is 0.154. The van der Waals surface area contributed by atoms with E-state index in [-0.39, 0.29) is 5.56 Å². The SMILES string of the molecule is COc1ccc(Cl)cc1Cn1cc(N)ccc1=O. The summed E-state index contributed by atoms with van der Waals surface area (Å²) in [7, 11) is 1.58. The van der Waals surface area contributed by atoms with Crippen molar-refractivity contribution in [2.75, 3.05) is 12.8 Å². The molecule has 18 heavy (non-hydrogen) atoms. The second-order valence-corrected chi connectivity index (χ2v) is 4.32. The number of aromatic nitrogens is 1. The van der Waals surface area contributed by atoms with Gasteiger partial charge in [0.2, 0.25) is 0 Å². The predicted octanol–water partition coefficient (Wildman–Crippen LogP) is 2.14. The Morgan fingerprint density at radius 2 is 2.11 bits per heavy atom. The van der Waals surface area contributed by atoms with E-state index in [0.717, 1.165) is 5.56 Å². The van der Waals surface area contributed by atoms with Crippen molar-refractivity contribution in [1.29, 1.82) is 0 Å². The average molecular weight is 265 g/mol. The fourth-order valence-electron chi connectivity index (χ4n) is 1.73. The van der Waals surface area contributed by atoms with Crippen LogP contribution in [0.1, 0.15) is 5.56 Å². The second-order valence-electron chi connectivity index (χ2n) is 3.88. The van der Waals surface area contributed by atoms with Crippen LogP contribution in [0.25, 0.3) is 0 Å². The highest BCUT2D eigenvalue weighted by Gasteiger charge is 2.06. The van der Waals surface area contributed by atoms with Gasteiger partial charge in [0.15, 0.2) is 0 Å². The molecule has 2 N–H and O–H groups in total. The molecule has 0 aliphatic rings. The summed E-state index contributed by atoms with van der Waals surface area (Å²) in [4.78, 5) is 11.7. The number of nitrogens with two attached hydrogens (primary N) is 1. The summed E-state index contributed by atoms with van der Waals surface area (Å²) in [6.07, 6.45) is 1.60. The van der Waals surface area contributed by atoms with Crippen molar-refractivity contribution in [3.05, 3.63) is 57.5 Å². The number of hydrogen-bond acceptors (Lipinski definition) is 3. The highest BCUT2D eigenvalue weighted by atomic mass is 35.5. The van der Waals surface area contributed by atoms with Gasteiger partial charge in [0.25, 0.3) is 5.56 Å². The molecule has 5 heteroatoms. The fourth-order valence-corrected chi connectivity index (χ4v) is 1.92. The van der Waals surface area contributed by atoms with Gasteiger partial charge in [-0.3, -0.25) is 4.79 Å². The van der Waals surface area contributed by atoms with Crippen molar-refractivity contribution in [2.24, 2.45) is 0 Å². The molecule has 0 unspecified atom stereocenters. The highest BCUT2D eigenvalue weighted by molar-refractivity contribution is 6.30. The maximum absolute atomic E-state index is 11.7. The molecule has 2 aromatic rings. The van der Waals surface area contributed by atoms with Gasteiger partial charge < -0.3 is 15.0 Å². The number of nitrogen functional groups attached to an aromatic ring is 1. The van der Waals surface area contributed by atoms with Crippen LogP contribution in [0, 0.1) is 0 Å². The molecule has 2 rings (SSSR count). The molecule has 1 aromatic heterocycles. The standard InChI is InChI=1S/C13H13ClN2O2/c1-18-12-4-2-10(14)6-9(12)7-16-8-11(15)3-5-13(16)17/h2-6,8H,7,15H2,1H3. The van der Waals surface area contributed by atoms with Gasteiger partial charge in [-0.25, -0.2) is 0 Å². The summed E-state index contributed by atoms with van der Waals surface area (Å²) in [6, 6.07) is 8.30. The molecule has 0 aliphatic carbocycles. The Morgan fingerprint density at radius 1 is 1.33 bits per heavy atom. The van der Waals surface area contributed by atoms with Crippen molar-refractivity contribution in [3.63, 3.8) is 0 Å². The van der Waals surface area contributed by atoms with Gasteiger partial charge in [0, 0.05) is 28.5 Å². The van der Waals surface area contributed by atoms with Gasteiger partial charge in [-0.2, -0.15) is 0 Å². The molecule has 1 aromatic carbocycles. The first-order valence-electron chi connectivity index (χ1n) is 5.38. The van der Waals surface area contributed by atoms with Gasteiger partial charge >= 0.3 is 0 Å². The second kappa shape index (κ2) is 5.14. The van der Waals surface area contributed by atoms with E-state index < -0.39 is 0 Å². The Bertz CT molecular complexity index is 623. The van der Waals surface area contributed by atoms with E-state index in [1.807, 2.05) is 0 Å². The topological polar surface area (TPSA) is 57.2 Å². The minimum Gasteiger partial charge on any atom is -0.496 e. The molecule has 0 aliphatic heterocycles. The maximum Gasteiger partial charge on any atom is 0.250 e. The first-order valence-corrected chi connectivity index (χ1v) is 5.76. The zero-order valence-corrected chi connectivity index (χ0v) is 10.6. The number of anilines is 1. The van der Waals surface area contributed by atoms with E-state index in [9.17, 15) is 4.79 Å². The molecule has 0 saturated carbocycles. The van der Waals surface area contributed by atoms with E-state index >= 15 is 0 Å². The first-order chi connectivity index (χ1) is 8.60. The molecule has 94 valence electrons. The smallest absolute Gasteiger partial charge is 0.250 e. The summed E-state index contributed by atoms with van der Waals surface area (Å²) in [6.45, 7) is 0.369. The van der Waals surface area contributed by atoms with Crippen LogP contribution in [-0.2, 0) is 6.54 Å². The molecule has 0 spiro atoms. The summed E-state index contributed by atoms with van der Waals surface area (Å²) >= 11 is 5.94. The number of ether oxygens (including phenoxy) is 1. The van der Waals surface area contributed by atoms with Crippen LogP contribution in [0.5, 0.6) is 5.75 Å². The van der Waals surface area contributed by atoms with Gasteiger partial charge in [-0.15, -0.1) is 0 Å². The van der Waals surface area contributed by atoms with Gasteiger partial charge in [0.05, 0.1) is 13.7 Å². The summed E-state index contributed by atoms with van der Waals surface area (Å²) < 4.78 is 6.75. The normalized spacial score (nSPS) is 10.3. The van der Waals surface area contributed by atoms with Crippen LogP contribution in [0.15, 0.2) is 41.3 Å². The van der Waals surface area contributed by atoms with Crippen LogP contribution in [0.4, 0.5) is 5.69 Å². The van der Waals surface area contributed by atoms with E-state index in [2.05, 4.69) is 0 Å². The average Bonchev–Trinajstić information content (AvgIpc) is 2.34. The zero-order chi connectivity index (χ0) is 13.1. The van der Waals surface area contributed by atoms with Crippen molar-refractivity contribution < 1.29 is 4.74 Å². The molecule has 0 fully saturated rings. The number of pyridine rings is 1. The Hall–Kier alpha value is -1.94. The number of nitrogens with zero attached hydrogens (tertiary/aromatic N) is 1. The number of methoxy groups -OCH3 is 1. The monoisotopic (exact) mass is 264 g/mol. The number of halogens is 1. The molecule has 0 atom stereocenters. The third-order valence-electron chi connectivity index (χ3n) is 2.59. The van der Waals surface area contributed by atoms with E-state index in [1.54, 1.807) is 37.6 Å². The first kappa shape index (κ1) is 12.5. The molecule has 1 heterocycles. The third-order valence-corrected chi connectivity index (χ3v) is 2.82. The third kappa shape index (κ3) is 2.65. The molecule has 0 radical (unpaired) electrons. The lowest BCUT2D eigenvalue weighted by Gasteiger charge is -2.11. The van der Waals surface area contributed by atoms with Gasteiger partial charge in [0.1, 0.15) is 5.75 Å². The number of rotatable bonds is 3. The van der Waals surface area contributed by atoms with Crippen LogP contribution >= 0.6 is 11.6 Å². The predicted molar refractivity (Wildman–Crippen MR) is 72.2 cm³/mol. The lowest BCUT2D eigenvalue weighted by atomic mass is 10.2. The zero-order valence-electron chi connectivity index (χ0n) is 9.89. The van der Waals surface area contributed by atoms with Crippen LogP contribution < -0.4 is 16.0 Å². The minimum absolute atomic E-state index is 0.119. The van der Waals surface area contributed by atoms with Gasteiger partial charge in [-0.05, 0) is 24.3 Å². The molecule has 0 amide bonds. The van der Waals surface area contributed by atoms with Crippen molar-refractivity contribution in [3.8, 4) is 5.75 Å². The molecule has 0 saturated heterocycles. The Morgan fingerprint density at radius 3 is 2.83 bits per heavy atom. The summed E-state index contributed by atoms with van der Waals surface area (Å²) in [5.74, 6) is 0.689. The Kier molecular flexibility index (Phi) is 3.58. The van der Waals surface area contributed by atoms with E-state index in [4.69, 9.17) is 22.1 Å².